The summed E-state index contributed by atoms with van der Waals surface area (Å²) in [6.07, 6.45) is -0.828. The van der Waals surface area contributed by atoms with Gasteiger partial charge in [0.25, 0.3) is 5.91 Å². The number of anilines is 1. The Hall–Kier alpha value is -2.82. The van der Waals surface area contributed by atoms with Gasteiger partial charge in [-0.05, 0) is 76.1 Å². The van der Waals surface area contributed by atoms with E-state index in [4.69, 9.17) is 9.47 Å². The summed E-state index contributed by atoms with van der Waals surface area (Å²) in [5, 5.41) is 2.79. The van der Waals surface area contributed by atoms with Crippen molar-refractivity contribution in [2.75, 3.05) is 5.32 Å². The Labute approximate surface area is 154 Å². The van der Waals surface area contributed by atoms with E-state index in [1.807, 2.05) is 32.0 Å². The van der Waals surface area contributed by atoms with E-state index in [1.54, 1.807) is 45.0 Å². The molecule has 1 N–H and O–H groups in total. The summed E-state index contributed by atoms with van der Waals surface area (Å²) in [5.74, 6) is 0.0485. The van der Waals surface area contributed by atoms with Gasteiger partial charge < -0.3 is 14.8 Å². The normalized spacial score (nSPS) is 11.8. The van der Waals surface area contributed by atoms with E-state index in [2.05, 4.69) is 5.32 Å². The van der Waals surface area contributed by atoms with E-state index >= 15 is 0 Å². The van der Waals surface area contributed by atoms with Crippen LogP contribution in [0.3, 0.4) is 0 Å². The Morgan fingerprint density at radius 1 is 0.962 bits per heavy atom. The van der Waals surface area contributed by atoms with Gasteiger partial charge in [0, 0.05) is 5.69 Å². The van der Waals surface area contributed by atoms with E-state index in [1.165, 1.54) is 0 Å². The van der Waals surface area contributed by atoms with Crippen LogP contribution in [0.5, 0.6) is 5.75 Å². The van der Waals surface area contributed by atoms with Crippen LogP contribution in [0.15, 0.2) is 42.5 Å². The molecular weight excluding hydrogens is 330 g/mol. The molecule has 0 saturated heterocycles. The third-order valence-corrected chi connectivity index (χ3v) is 3.96. The number of benzene rings is 2. The molecule has 0 bridgehead atoms. The van der Waals surface area contributed by atoms with Crippen molar-refractivity contribution >= 4 is 17.6 Å². The van der Waals surface area contributed by atoms with Gasteiger partial charge >= 0.3 is 5.97 Å². The highest BCUT2D eigenvalue weighted by atomic mass is 16.5. The van der Waals surface area contributed by atoms with E-state index in [9.17, 15) is 9.59 Å². The summed E-state index contributed by atoms with van der Waals surface area (Å²) in [6, 6.07) is 12.3. The second-order valence-electron chi connectivity index (χ2n) is 6.48. The number of aryl methyl sites for hydroxylation is 1. The minimum Gasteiger partial charge on any atom is -0.481 e. The number of carbonyl (C=O) groups is 2. The minimum atomic E-state index is -0.652. The molecule has 0 radical (unpaired) electrons. The number of hydrogen-bond acceptors (Lipinski definition) is 4. The Morgan fingerprint density at radius 3 is 2.23 bits per heavy atom. The molecule has 0 fully saturated rings. The maximum atomic E-state index is 12.3. The smallest absolute Gasteiger partial charge is 0.338 e. The van der Waals surface area contributed by atoms with E-state index in [-0.39, 0.29) is 18.0 Å². The van der Waals surface area contributed by atoms with E-state index < -0.39 is 6.10 Å². The fourth-order valence-electron chi connectivity index (χ4n) is 2.31. The summed E-state index contributed by atoms with van der Waals surface area (Å²) in [6.45, 7) is 9.25. The van der Waals surface area contributed by atoms with Gasteiger partial charge in [-0.25, -0.2) is 4.79 Å². The second-order valence-corrected chi connectivity index (χ2v) is 6.48. The Balaban J connectivity index is 1.98. The lowest BCUT2D eigenvalue weighted by atomic mass is 10.1. The van der Waals surface area contributed by atoms with Crippen molar-refractivity contribution in [1.82, 2.24) is 0 Å². The second kappa shape index (κ2) is 8.52. The Bertz CT molecular complexity index is 781. The molecular formula is C21H25NO4. The number of rotatable bonds is 6. The van der Waals surface area contributed by atoms with Gasteiger partial charge in [-0.2, -0.15) is 0 Å². The molecule has 0 spiro atoms. The van der Waals surface area contributed by atoms with Crippen molar-refractivity contribution in [2.24, 2.45) is 0 Å². The van der Waals surface area contributed by atoms with Crippen LogP contribution >= 0.6 is 0 Å². The molecule has 0 aliphatic heterocycles. The molecule has 1 amide bonds. The Kier molecular flexibility index (Phi) is 6.39. The number of amides is 1. The predicted molar refractivity (Wildman–Crippen MR) is 102 cm³/mol. The molecule has 5 nitrogen and oxygen atoms in total. The fourth-order valence-corrected chi connectivity index (χ4v) is 2.31. The average molecular weight is 355 g/mol. The molecule has 2 aromatic rings. The lowest BCUT2D eigenvalue weighted by Gasteiger charge is -2.17. The van der Waals surface area contributed by atoms with Gasteiger partial charge in [-0.3, -0.25) is 4.79 Å². The molecule has 0 aromatic heterocycles. The highest BCUT2D eigenvalue weighted by Crippen LogP contribution is 2.22. The molecule has 1 unspecified atom stereocenters. The highest BCUT2D eigenvalue weighted by molar-refractivity contribution is 5.95. The number of carbonyl (C=O) groups excluding carboxylic acids is 2. The van der Waals surface area contributed by atoms with Crippen LogP contribution < -0.4 is 10.1 Å². The molecule has 2 aromatic carbocycles. The summed E-state index contributed by atoms with van der Waals surface area (Å²) >= 11 is 0. The summed E-state index contributed by atoms with van der Waals surface area (Å²) in [7, 11) is 0. The predicted octanol–water partition coefficient (Wildman–Crippen LogP) is 4.27. The molecule has 1 atom stereocenters. The summed E-state index contributed by atoms with van der Waals surface area (Å²) in [5.41, 5.74) is 3.16. The van der Waals surface area contributed by atoms with Gasteiger partial charge in [0.15, 0.2) is 6.10 Å². The molecule has 0 aliphatic carbocycles. The van der Waals surface area contributed by atoms with Crippen LogP contribution in [-0.4, -0.2) is 24.1 Å². The van der Waals surface area contributed by atoms with Gasteiger partial charge in [-0.1, -0.05) is 12.1 Å². The monoisotopic (exact) mass is 355 g/mol. The maximum Gasteiger partial charge on any atom is 0.338 e. The topological polar surface area (TPSA) is 64.6 Å². The summed E-state index contributed by atoms with van der Waals surface area (Å²) < 4.78 is 10.9. The van der Waals surface area contributed by atoms with Crippen LogP contribution in [0.4, 0.5) is 5.69 Å². The average Bonchev–Trinajstić information content (AvgIpc) is 2.59. The first-order valence-electron chi connectivity index (χ1n) is 8.62. The highest BCUT2D eigenvalue weighted by Gasteiger charge is 2.17. The molecule has 26 heavy (non-hydrogen) atoms. The SMILES string of the molecule is Cc1cccc(OC(C)C(=O)Nc2ccc(C(=O)OC(C)C)cc2)c1C. The van der Waals surface area contributed by atoms with Crippen LogP contribution in [0.25, 0.3) is 0 Å². The standard InChI is InChI=1S/C21H25NO4/c1-13(2)25-21(24)17-9-11-18(12-10-17)22-20(23)16(5)26-19-8-6-7-14(3)15(19)4/h6-13,16H,1-5H3,(H,22,23). The molecule has 0 saturated carbocycles. The zero-order valence-corrected chi connectivity index (χ0v) is 15.8. The number of hydrogen-bond donors (Lipinski definition) is 1. The molecule has 5 heteroatoms. The van der Waals surface area contributed by atoms with Gasteiger partial charge in [0.2, 0.25) is 0 Å². The number of esters is 1. The summed E-state index contributed by atoms with van der Waals surface area (Å²) in [4.78, 5) is 24.2. The van der Waals surface area contributed by atoms with Crippen LogP contribution in [0.2, 0.25) is 0 Å². The van der Waals surface area contributed by atoms with E-state index in [0.717, 1.165) is 11.1 Å². The third-order valence-electron chi connectivity index (χ3n) is 3.96. The van der Waals surface area contributed by atoms with E-state index in [0.29, 0.717) is 17.0 Å². The Morgan fingerprint density at radius 2 is 1.62 bits per heavy atom. The van der Waals surface area contributed by atoms with Crippen LogP contribution in [-0.2, 0) is 9.53 Å². The van der Waals surface area contributed by atoms with Crippen LogP contribution in [0.1, 0.15) is 42.3 Å². The van der Waals surface area contributed by atoms with Crippen molar-refractivity contribution < 1.29 is 19.1 Å². The maximum absolute atomic E-state index is 12.3. The zero-order valence-electron chi connectivity index (χ0n) is 15.8. The first-order valence-corrected chi connectivity index (χ1v) is 8.62. The zero-order chi connectivity index (χ0) is 19.3. The van der Waals surface area contributed by atoms with Crippen molar-refractivity contribution in [3.05, 3.63) is 59.2 Å². The van der Waals surface area contributed by atoms with Crippen molar-refractivity contribution in [3.8, 4) is 5.75 Å². The van der Waals surface area contributed by atoms with Gasteiger partial charge in [-0.15, -0.1) is 0 Å². The molecule has 138 valence electrons. The fraction of sp³-hybridized carbons (Fsp3) is 0.333. The first kappa shape index (κ1) is 19.5. The minimum absolute atomic E-state index is 0.176. The first-order chi connectivity index (χ1) is 12.3. The lowest BCUT2D eigenvalue weighted by Crippen LogP contribution is -2.30. The quantitative estimate of drug-likeness (QED) is 0.786. The molecule has 2 rings (SSSR count). The van der Waals surface area contributed by atoms with Crippen molar-refractivity contribution in [2.45, 2.75) is 46.8 Å². The molecule has 0 aliphatic rings. The largest absolute Gasteiger partial charge is 0.481 e. The molecule has 0 heterocycles. The number of nitrogens with one attached hydrogen (secondary N) is 1. The van der Waals surface area contributed by atoms with Gasteiger partial charge in [0.1, 0.15) is 5.75 Å². The van der Waals surface area contributed by atoms with Crippen molar-refractivity contribution in [3.63, 3.8) is 0 Å². The lowest BCUT2D eigenvalue weighted by molar-refractivity contribution is -0.122. The van der Waals surface area contributed by atoms with Gasteiger partial charge in [0.05, 0.1) is 11.7 Å². The van der Waals surface area contributed by atoms with Crippen LogP contribution in [0, 0.1) is 13.8 Å². The number of ether oxygens (including phenoxy) is 2. The van der Waals surface area contributed by atoms with Crippen molar-refractivity contribution in [1.29, 1.82) is 0 Å². The third kappa shape index (κ3) is 5.09.